The van der Waals surface area contributed by atoms with E-state index in [4.69, 9.17) is 4.42 Å². The van der Waals surface area contributed by atoms with Crippen molar-refractivity contribution in [3.05, 3.63) is 24.2 Å². The average molecular weight is 249 g/mol. The van der Waals surface area contributed by atoms with Crippen LogP contribution in [0.25, 0.3) is 0 Å². The summed E-state index contributed by atoms with van der Waals surface area (Å²) in [6.45, 7) is 3.75. The largest absolute Gasteiger partial charge is 0.472 e. The molecule has 18 heavy (non-hydrogen) atoms. The lowest BCUT2D eigenvalue weighted by Crippen LogP contribution is -2.51. The van der Waals surface area contributed by atoms with Gasteiger partial charge < -0.3 is 9.52 Å². The first-order valence-electron chi connectivity index (χ1n) is 7.18. The van der Waals surface area contributed by atoms with Gasteiger partial charge in [0, 0.05) is 30.8 Å². The molecule has 0 spiro atoms. The summed E-state index contributed by atoms with van der Waals surface area (Å²) in [6, 6.07) is 3.29. The van der Waals surface area contributed by atoms with Gasteiger partial charge in [-0.3, -0.25) is 4.90 Å². The van der Waals surface area contributed by atoms with Gasteiger partial charge in [-0.05, 0) is 43.6 Å². The highest BCUT2D eigenvalue weighted by molar-refractivity contribution is 5.14. The molecule has 0 radical (unpaired) electrons. The smallest absolute Gasteiger partial charge is 0.0950 e. The Morgan fingerprint density at radius 2 is 2.22 bits per heavy atom. The third-order valence-electron chi connectivity index (χ3n) is 4.90. The van der Waals surface area contributed by atoms with Crippen LogP contribution in [0.1, 0.15) is 44.2 Å². The van der Waals surface area contributed by atoms with Crippen LogP contribution >= 0.6 is 0 Å². The standard InChI is InChI=1S/C15H23NO2/c1-11-2-4-15(13-6-7-18-10-13)16-8-12(9-17)3-5-14(11)16/h6-7,10-12,14-15,17H,2-5,8-9H2,1H3/t11-,12+,14+,15+/m1/s1. The molecule has 0 bridgehead atoms. The third-order valence-corrected chi connectivity index (χ3v) is 4.90. The fourth-order valence-electron chi connectivity index (χ4n) is 3.82. The number of hydrogen-bond acceptors (Lipinski definition) is 3. The molecule has 2 aliphatic heterocycles. The molecule has 100 valence electrons. The quantitative estimate of drug-likeness (QED) is 0.875. The molecule has 2 aliphatic rings. The number of nitrogens with zero attached hydrogens (tertiary/aromatic N) is 1. The second-order valence-corrected chi connectivity index (χ2v) is 6.02. The lowest BCUT2D eigenvalue weighted by molar-refractivity contribution is -0.0163. The van der Waals surface area contributed by atoms with Crippen molar-refractivity contribution in [1.29, 1.82) is 0 Å². The van der Waals surface area contributed by atoms with E-state index in [0.717, 1.165) is 12.5 Å². The normalized spacial score (nSPS) is 37.4. The molecule has 3 heteroatoms. The van der Waals surface area contributed by atoms with Gasteiger partial charge in [0.15, 0.2) is 0 Å². The zero-order valence-electron chi connectivity index (χ0n) is 11.1. The van der Waals surface area contributed by atoms with Crippen molar-refractivity contribution in [1.82, 2.24) is 4.90 Å². The van der Waals surface area contributed by atoms with Crippen molar-refractivity contribution in [3.63, 3.8) is 0 Å². The summed E-state index contributed by atoms with van der Waals surface area (Å²) in [6.07, 6.45) is 8.60. The summed E-state index contributed by atoms with van der Waals surface area (Å²) in [7, 11) is 0. The number of aliphatic hydroxyl groups excluding tert-OH is 1. The summed E-state index contributed by atoms with van der Waals surface area (Å²) >= 11 is 0. The Morgan fingerprint density at radius 3 is 2.94 bits per heavy atom. The zero-order valence-corrected chi connectivity index (χ0v) is 11.1. The van der Waals surface area contributed by atoms with Crippen LogP contribution in [0.15, 0.2) is 23.0 Å². The monoisotopic (exact) mass is 249 g/mol. The molecule has 2 saturated heterocycles. The Kier molecular flexibility index (Phi) is 3.44. The van der Waals surface area contributed by atoms with Gasteiger partial charge in [0.2, 0.25) is 0 Å². The first-order valence-corrected chi connectivity index (χ1v) is 7.18. The van der Waals surface area contributed by atoms with Crippen molar-refractivity contribution >= 4 is 0 Å². The second kappa shape index (κ2) is 5.06. The molecule has 2 fully saturated rings. The van der Waals surface area contributed by atoms with Gasteiger partial charge in [-0.25, -0.2) is 0 Å². The van der Waals surface area contributed by atoms with Crippen LogP contribution in [-0.2, 0) is 0 Å². The van der Waals surface area contributed by atoms with Crippen LogP contribution in [0.3, 0.4) is 0 Å². The molecule has 1 aromatic rings. The van der Waals surface area contributed by atoms with E-state index in [0.29, 0.717) is 24.6 Å². The molecule has 3 nitrogen and oxygen atoms in total. The Morgan fingerprint density at radius 1 is 1.33 bits per heavy atom. The van der Waals surface area contributed by atoms with Gasteiger partial charge in [0.05, 0.1) is 12.5 Å². The minimum absolute atomic E-state index is 0.329. The molecular formula is C15H23NO2. The maximum absolute atomic E-state index is 9.42. The molecule has 1 N–H and O–H groups in total. The van der Waals surface area contributed by atoms with E-state index >= 15 is 0 Å². The number of fused-ring (bicyclic) bond motifs is 1. The lowest BCUT2D eigenvalue weighted by atomic mass is 9.78. The van der Waals surface area contributed by atoms with Gasteiger partial charge in [-0.15, -0.1) is 0 Å². The highest BCUT2D eigenvalue weighted by atomic mass is 16.3. The van der Waals surface area contributed by atoms with E-state index in [2.05, 4.69) is 17.9 Å². The minimum Gasteiger partial charge on any atom is -0.472 e. The molecule has 4 atom stereocenters. The molecular weight excluding hydrogens is 226 g/mol. The van der Waals surface area contributed by atoms with Gasteiger partial charge >= 0.3 is 0 Å². The number of piperidine rings is 2. The first kappa shape index (κ1) is 12.2. The van der Waals surface area contributed by atoms with Crippen molar-refractivity contribution in [3.8, 4) is 0 Å². The van der Waals surface area contributed by atoms with E-state index in [1.54, 1.807) is 6.26 Å². The van der Waals surface area contributed by atoms with E-state index < -0.39 is 0 Å². The van der Waals surface area contributed by atoms with Crippen LogP contribution in [0, 0.1) is 11.8 Å². The molecule has 0 aromatic carbocycles. The van der Waals surface area contributed by atoms with Crippen LogP contribution in [0.4, 0.5) is 0 Å². The van der Waals surface area contributed by atoms with Crippen LogP contribution in [0.5, 0.6) is 0 Å². The maximum atomic E-state index is 9.42. The predicted octanol–water partition coefficient (Wildman–Crippen LogP) is 2.82. The van der Waals surface area contributed by atoms with E-state index in [1.165, 1.54) is 31.2 Å². The Balaban J connectivity index is 1.82. The van der Waals surface area contributed by atoms with Crippen LogP contribution < -0.4 is 0 Å². The molecule has 0 unspecified atom stereocenters. The average Bonchev–Trinajstić information content (AvgIpc) is 2.92. The number of aliphatic hydroxyl groups is 1. The molecule has 3 heterocycles. The SMILES string of the molecule is C[C@@H]1CC[C@@H](c2ccoc2)N2C[C@@H](CO)CC[C@@H]12. The van der Waals surface area contributed by atoms with E-state index in [-0.39, 0.29) is 0 Å². The van der Waals surface area contributed by atoms with Gasteiger partial charge in [-0.1, -0.05) is 6.92 Å². The van der Waals surface area contributed by atoms with E-state index in [1.807, 2.05) is 6.26 Å². The van der Waals surface area contributed by atoms with Crippen molar-refractivity contribution < 1.29 is 9.52 Å². The van der Waals surface area contributed by atoms with E-state index in [9.17, 15) is 5.11 Å². The first-order chi connectivity index (χ1) is 8.79. The molecule has 0 saturated carbocycles. The third kappa shape index (κ3) is 2.10. The number of furan rings is 1. The Hall–Kier alpha value is -0.800. The Labute approximate surface area is 109 Å². The summed E-state index contributed by atoms with van der Waals surface area (Å²) < 4.78 is 5.25. The summed E-state index contributed by atoms with van der Waals surface area (Å²) in [4.78, 5) is 2.63. The zero-order chi connectivity index (χ0) is 12.5. The molecule has 0 amide bonds. The van der Waals surface area contributed by atoms with Crippen molar-refractivity contribution in [2.75, 3.05) is 13.2 Å². The second-order valence-electron chi connectivity index (χ2n) is 6.02. The van der Waals surface area contributed by atoms with Crippen molar-refractivity contribution in [2.24, 2.45) is 11.8 Å². The highest BCUT2D eigenvalue weighted by Gasteiger charge is 2.39. The summed E-state index contributed by atoms with van der Waals surface area (Å²) in [5, 5.41) is 9.42. The summed E-state index contributed by atoms with van der Waals surface area (Å²) in [5.74, 6) is 1.24. The number of hydrogen-bond donors (Lipinski definition) is 1. The summed E-state index contributed by atoms with van der Waals surface area (Å²) in [5.41, 5.74) is 1.31. The maximum Gasteiger partial charge on any atom is 0.0950 e. The van der Waals surface area contributed by atoms with Gasteiger partial charge in [0.25, 0.3) is 0 Å². The van der Waals surface area contributed by atoms with Crippen molar-refractivity contribution in [2.45, 2.75) is 44.7 Å². The predicted molar refractivity (Wildman–Crippen MR) is 70.2 cm³/mol. The minimum atomic E-state index is 0.329. The topological polar surface area (TPSA) is 36.6 Å². The van der Waals surface area contributed by atoms with Gasteiger partial charge in [-0.2, -0.15) is 0 Å². The number of rotatable bonds is 2. The molecule has 0 aliphatic carbocycles. The lowest BCUT2D eigenvalue weighted by Gasteiger charge is -2.50. The fraction of sp³-hybridized carbons (Fsp3) is 0.733. The van der Waals surface area contributed by atoms with Crippen LogP contribution in [-0.4, -0.2) is 29.2 Å². The molecule has 3 rings (SSSR count). The van der Waals surface area contributed by atoms with Crippen LogP contribution in [0.2, 0.25) is 0 Å². The highest BCUT2D eigenvalue weighted by Crippen LogP contribution is 2.42. The van der Waals surface area contributed by atoms with Gasteiger partial charge in [0.1, 0.15) is 0 Å². The fourth-order valence-corrected chi connectivity index (χ4v) is 3.82. The molecule has 1 aromatic heterocycles. The Bertz CT molecular complexity index is 376.